The molecule has 0 unspecified atom stereocenters. The summed E-state index contributed by atoms with van der Waals surface area (Å²) in [5.74, 6) is 2.35. The molecule has 9 heteroatoms. The number of aromatic nitrogens is 2. The summed E-state index contributed by atoms with van der Waals surface area (Å²) < 4.78 is 19.5. The fourth-order valence-electron chi connectivity index (χ4n) is 4.05. The lowest BCUT2D eigenvalue weighted by molar-refractivity contribution is 0.419. The zero-order chi connectivity index (χ0) is 25.5. The Morgan fingerprint density at radius 2 is 1.84 bits per heavy atom. The van der Waals surface area contributed by atoms with Gasteiger partial charge in [-0.25, -0.2) is 4.98 Å². The molecule has 0 aliphatic heterocycles. The van der Waals surface area contributed by atoms with Crippen molar-refractivity contribution in [3.8, 4) is 28.7 Å². The van der Waals surface area contributed by atoms with Gasteiger partial charge >= 0.3 is 0 Å². The van der Waals surface area contributed by atoms with Crippen LogP contribution in [0, 0.1) is 0 Å². The van der Waals surface area contributed by atoms with Crippen molar-refractivity contribution in [1.82, 2.24) is 9.66 Å². The molecule has 3 aromatic heterocycles. The van der Waals surface area contributed by atoms with Gasteiger partial charge in [-0.1, -0.05) is 35.9 Å². The first-order valence-corrected chi connectivity index (χ1v) is 12.4. The minimum Gasteiger partial charge on any atom is -0.496 e. The van der Waals surface area contributed by atoms with Gasteiger partial charge in [0.05, 0.1) is 34.6 Å². The Bertz CT molecular complexity index is 1890. The van der Waals surface area contributed by atoms with Crippen LogP contribution in [-0.4, -0.2) is 23.0 Å². The Labute approximate surface area is 223 Å². The van der Waals surface area contributed by atoms with Gasteiger partial charge in [0.15, 0.2) is 5.76 Å². The monoisotopic (exact) mass is 573 g/mol. The molecule has 0 spiro atoms. The second-order valence-corrected chi connectivity index (χ2v) is 9.39. The second-order valence-electron chi connectivity index (χ2n) is 8.13. The number of benzene rings is 3. The van der Waals surface area contributed by atoms with Crippen molar-refractivity contribution in [2.45, 2.75) is 0 Å². The lowest BCUT2D eigenvalue weighted by Crippen LogP contribution is -2.20. The molecule has 182 valence electrons. The van der Waals surface area contributed by atoms with Gasteiger partial charge in [0.1, 0.15) is 22.9 Å². The van der Waals surface area contributed by atoms with Gasteiger partial charge in [-0.3, -0.25) is 4.79 Å². The Morgan fingerprint density at radius 3 is 2.68 bits per heavy atom. The van der Waals surface area contributed by atoms with Gasteiger partial charge in [0.2, 0.25) is 5.82 Å². The molecule has 0 fully saturated rings. The molecule has 7 nitrogen and oxygen atoms in total. The standard InChI is InChI=1S/C28H17BrClN3O4/c1-35-24-7-4-8-25-19(24)14-26(37-25)27-32-22-6-3-2-5-18(22)28(34)33(27)31-15-17-10-12-23(36-17)16-9-11-20(29)21(30)13-16/h2-15H,1H3. The number of rotatable bonds is 5. The van der Waals surface area contributed by atoms with Gasteiger partial charge in [-0.2, -0.15) is 9.78 Å². The third kappa shape index (κ3) is 4.24. The third-order valence-electron chi connectivity index (χ3n) is 5.85. The molecule has 0 atom stereocenters. The van der Waals surface area contributed by atoms with Crippen LogP contribution in [0.2, 0.25) is 5.02 Å². The molecule has 3 aromatic carbocycles. The van der Waals surface area contributed by atoms with Crippen LogP contribution in [0.3, 0.4) is 0 Å². The highest BCUT2D eigenvalue weighted by molar-refractivity contribution is 9.10. The van der Waals surface area contributed by atoms with Crippen LogP contribution < -0.4 is 10.3 Å². The minimum absolute atomic E-state index is 0.254. The molecule has 0 aliphatic carbocycles. The van der Waals surface area contributed by atoms with Crippen LogP contribution in [0.1, 0.15) is 5.76 Å². The molecule has 0 aliphatic rings. The van der Waals surface area contributed by atoms with Crippen molar-refractivity contribution in [3.63, 3.8) is 0 Å². The maximum absolute atomic E-state index is 13.5. The predicted molar refractivity (Wildman–Crippen MR) is 148 cm³/mol. The Balaban J connectivity index is 1.47. The third-order valence-corrected chi connectivity index (χ3v) is 7.08. The quantitative estimate of drug-likeness (QED) is 0.201. The van der Waals surface area contributed by atoms with E-state index in [4.69, 9.17) is 30.2 Å². The van der Waals surface area contributed by atoms with Crippen LogP contribution in [-0.2, 0) is 0 Å². The number of para-hydroxylation sites is 1. The summed E-state index contributed by atoms with van der Waals surface area (Å²) >= 11 is 9.61. The minimum atomic E-state index is -0.337. The van der Waals surface area contributed by atoms with Crippen LogP contribution in [0.25, 0.3) is 44.8 Å². The van der Waals surface area contributed by atoms with E-state index in [2.05, 4.69) is 21.0 Å². The summed E-state index contributed by atoms with van der Waals surface area (Å²) in [6, 6.07) is 23.5. The van der Waals surface area contributed by atoms with E-state index >= 15 is 0 Å². The maximum atomic E-state index is 13.5. The number of hydrogen-bond donors (Lipinski definition) is 0. The highest BCUT2D eigenvalue weighted by Gasteiger charge is 2.18. The number of fused-ring (bicyclic) bond motifs is 2. The van der Waals surface area contributed by atoms with Crippen molar-refractivity contribution < 1.29 is 13.6 Å². The van der Waals surface area contributed by atoms with Crippen molar-refractivity contribution in [2.75, 3.05) is 7.11 Å². The molecule has 3 heterocycles. The Hall–Kier alpha value is -4.14. The van der Waals surface area contributed by atoms with Crippen molar-refractivity contribution in [2.24, 2.45) is 5.10 Å². The molecule has 0 bridgehead atoms. The number of ether oxygens (including phenoxy) is 1. The van der Waals surface area contributed by atoms with E-state index < -0.39 is 0 Å². The Kier molecular flexibility index (Phi) is 5.90. The van der Waals surface area contributed by atoms with Crippen LogP contribution in [0.5, 0.6) is 5.75 Å². The van der Waals surface area contributed by atoms with Gasteiger partial charge in [-0.15, -0.1) is 0 Å². The number of hydrogen-bond acceptors (Lipinski definition) is 6. The van der Waals surface area contributed by atoms with Crippen molar-refractivity contribution in [1.29, 1.82) is 0 Å². The molecular weight excluding hydrogens is 558 g/mol. The van der Waals surface area contributed by atoms with Gasteiger partial charge < -0.3 is 13.6 Å². The summed E-state index contributed by atoms with van der Waals surface area (Å²) in [4.78, 5) is 18.2. The number of nitrogens with zero attached hydrogens (tertiary/aromatic N) is 3. The average molecular weight is 575 g/mol. The number of halogens is 2. The summed E-state index contributed by atoms with van der Waals surface area (Å²) in [6.45, 7) is 0. The fourth-order valence-corrected chi connectivity index (χ4v) is 4.48. The summed E-state index contributed by atoms with van der Waals surface area (Å²) in [7, 11) is 1.59. The number of methoxy groups -OCH3 is 1. The molecule has 6 aromatic rings. The summed E-state index contributed by atoms with van der Waals surface area (Å²) in [5.41, 5.74) is 1.62. The topological polar surface area (TPSA) is 82.8 Å². The van der Waals surface area contributed by atoms with E-state index in [0.29, 0.717) is 44.5 Å². The zero-order valence-corrected chi connectivity index (χ0v) is 21.7. The molecule has 0 amide bonds. The molecule has 0 radical (unpaired) electrons. The normalized spacial score (nSPS) is 11.6. The first kappa shape index (κ1) is 23.3. The van der Waals surface area contributed by atoms with Crippen LogP contribution in [0.4, 0.5) is 0 Å². The van der Waals surface area contributed by atoms with E-state index in [1.165, 1.54) is 10.9 Å². The second kappa shape index (κ2) is 9.38. The van der Waals surface area contributed by atoms with E-state index in [-0.39, 0.29) is 11.4 Å². The lowest BCUT2D eigenvalue weighted by Gasteiger charge is -2.06. The predicted octanol–water partition coefficient (Wildman–Crippen LogP) is 7.38. The molecule has 0 saturated carbocycles. The van der Waals surface area contributed by atoms with Crippen LogP contribution in [0.15, 0.2) is 102 Å². The van der Waals surface area contributed by atoms with Crippen LogP contribution >= 0.6 is 27.5 Å². The zero-order valence-electron chi connectivity index (χ0n) is 19.3. The van der Waals surface area contributed by atoms with E-state index in [1.54, 1.807) is 43.5 Å². The first-order valence-electron chi connectivity index (χ1n) is 11.2. The molecular formula is C28H17BrClN3O4. The van der Waals surface area contributed by atoms with Gasteiger partial charge in [0, 0.05) is 10.0 Å². The lowest BCUT2D eigenvalue weighted by atomic mass is 10.2. The summed E-state index contributed by atoms with van der Waals surface area (Å²) in [5, 5.41) is 6.22. The van der Waals surface area contributed by atoms with E-state index in [1.807, 2.05) is 42.5 Å². The average Bonchev–Trinajstić information content (AvgIpc) is 3.57. The fraction of sp³-hybridized carbons (Fsp3) is 0.0357. The molecule has 6 rings (SSSR count). The SMILES string of the molecule is COc1cccc2oc(-c3nc4ccccc4c(=O)n3N=Cc3ccc(-c4ccc(Br)c(Cl)c4)o3)cc12. The largest absolute Gasteiger partial charge is 0.496 e. The smallest absolute Gasteiger partial charge is 0.282 e. The van der Waals surface area contributed by atoms with Gasteiger partial charge in [-0.05, 0) is 70.5 Å². The summed E-state index contributed by atoms with van der Waals surface area (Å²) in [6.07, 6.45) is 1.47. The highest BCUT2D eigenvalue weighted by Crippen LogP contribution is 2.33. The maximum Gasteiger partial charge on any atom is 0.282 e. The van der Waals surface area contributed by atoms with E-state index in [0.717, 1.165) is 15.4 Å². The van der Waals surface area contributed by atoms with Crippen molar-refractivity contribution in [3.05, 3.63) is 104 Å². The van der Waals surface area contributed by atoms with Gasteiger partial charge in [0.25, 0.3) is 5.56 Å². The molecule has 37 heavy (non-hydrogen) atoms. The first-order chi connectivity index (χ1) is 18.0. The Morgan fingerprint density at radius 1 is 0.973 bits per heavy atom. The molecule has 0 saturated heterocycles. The van der Waals surface area contributed by atoms with E-state index in [9.17, 15) is 4.79 Å². The van der Waals surface area contributed by atoms with Crippen molar-refractivity contribution >= 4 is 55.6 Å². The highest BCUT2D eigenvalue weighted by atomic mass is 79.9. The number of furan rings is 2. The molecule has 0 N–H and O–H groups in total.